The number of aliphatic hydroxyl groups excluding tert-OH is 1. The van der Waals surface area contributed by atoms with Crippen LogP contribution in [0.4, 0.5) is 0 Å². The fourth-order valence-corrected chi connectivity index (χ4v) is 2.32. The predicted molar refractivity (Wildman–Crippen MR) is 85.8 cm³/mol. The van der Waals surface area contributed by atoms with E-state index in [1.54, 1.807) is 0 Å². The number of halogens is 2. The molecule has 0 amide bonds. The van der Waals surface area contributed by atoms with E-state index >= 15 is 0 Å². The Hall–Kier alpha value is -0.800. The first-order valence-electron chi connectivity index (χ1n) is 6.34. The van der Waals surface area contributed by atoms with Crippen LogP contribution in [-0.2, 0) is 0 Å². The van der Waals surface area contributed by atoms with Crippen molar-refractivity contribution in [1.82, 2.24) is 9.80 Å². The Bertz CT molecular complexity index is 387. The number of hydrogen-bond acceptors (Lipinski definition) is 7. The van der Waals surface area contributed by atoms with E-state index in [0.29, 0.717) is 6.54 Å². The van der Waals surface area contributed by atoms with E-state index in [1.807, 2.05) is 0 Å². The molecule has 0 aliphatic carbocycles. The minimum atomic E-state index is -1.72. The highest BCUT2D eigenvalue weighted by molar-refractivity contribution is 6.17. The zero-order chi connectivity index (χ0) is 13.9. The first-order chi connectivity index (χ1) is 9.02. The number of nitro groups is 1. The van der Waals surface area contributed by atoms with Crippen LogP contribution in [0.3, 0.4) is 0 Å². The van der Waals surface area contributed by atoms with Gasteiger partial charge in [-0.3, -0.25) is 15.0 Å². The van der Waals surface area contributed by atoms with E-state index < -0.39 is 16.8 Å². The third-order valence-electron chi connectivity index (χ3n) is 3.50. The lowest BCUT2D eigenvalue weighted by molar-refractivity contribution is -0.568. The zero-order valence-electron chi connectivity index (χ0n) is 11.8. The van der Waals surface area contributed by atoms with Crippen molar-refractivity contribution in [3.05, 3.63) is 10.1 Å². The van der Waals surface area contributed by atoms with Crippen LogP contribution >= 0.6 is 24.8 Å². The maximum Gasteiger partial charge on any atom is 0.414 e. The summed E-state index contributed by atoms with van der Waals surface area (Å²) in [7, 11) is 2.05. The first kappa shape index (κ1) is 20.2. The second kappa shape index (κ2) is 8.60. The molecule has 122 valence electrons. The van der Waals surface area contributed by atoms with E-state index in [0.717, 1.165) is 26.2 Å². The molecular formula is C11H21Cl2N5O3. The summed E-state index contributed by atoms with van der Waals surface area (Å²) in [6.07, 6.45) is 1.73. The van der Waals surface area contributed by atoms with Gasteiger partial charge in [0, 0.05) is 45.2 Å². The van der Waals surface area contributed by atoms with Crippen LogP contribution < -0.4 is 0 Å². The highest BCUT2D eigenvalue weighted by Gasteiger charge is 2.45. The largest absolute Gasteiger partial charge is 0.414 e. The molecule has 1 atom stereocenters. The van der Waals surface area contributed by atoms with Gasteiger partial charge >= 0.3 is 5.79 Å². The lowest BCUT2D eigenvalue weighted by Gasteiger charge is -2.33. The molecule has 2 aliphatic heterocycles. The van der Waals surface area contributed by atoms with Gasteiger partial charge in [-0.1, -0.05) is 0 Å². The molecule has 0 spiro atoms. The molecule has 0 bridgehead atoms. The molecule has 2 heterocycles. The minimum Gasteiger partial charge on any atom is -0.391 e. The number of β-amino-alcohol motifs (C(OH)–C–C–N with tert-alkyl or cyclic N) is 1. The quantitative estimate of drug-likeness (QED) is 0.557. The number of nitrogens with zero attached hydrogens (tertiary/aromatic N) is 5. The molecule has 0 saturated carbocycles. The Morgan fingerprint density at radius 1 is 1.29 bits per heavy atom. The Morgan fingerprint density at radius 2 is 1.81 bits per heavy atom. The average Bonchev–Trinajstić information content (AvgIpc) is 2.82. The van der Waals surface area contributed by atoms with Crippen LogP contribution in [0.25, 0.3) is 0 Å². The minimum absolute atomic E-state index is 0. The topological polar surface area (TPSA) is 94.6 Å². The molecule has 1 N–H and O–H groups in total. The summed E-state index contributed by atoms with van der Waals surface area (Å²) < 4.78 is 0. The highest BCUT2D eigenvalue weighted by Crippen LogP contribution is 2.23. The molecule has 2 aliphatic rings. The zero-order valence-corrected chi connectivity index (χ0v) is 13.4. The molecular weight excluding hydrogens is 321 g/mol. The molecule has 1 unspecified atom stereocenters. The Labute approximate surface area is 135 Å². The van der Waals surface area contributed by atoms with Crippen molar-refractivity contribution in [1.29, 1.82) is 0 Å². The van der Waals surface area contributed by atoms with Crippen molar-refractivity contribution in [3.63, 3.8) is 0 Å². The van der Waals surface area contributed by atoms with E-state index in [2.05, 4.69) is 26.8 Å². The summed E-state index contributed by atoms with van der Waals surface area (Å²) in [5.41, 5.74) is 0. The Kier molecular flexibility index (Phi) is 8.27. The monoisotopic (exact) mass is 341 g/mol. The molecule has 0 radical (unpaired) electrons. The van der Waals surface area contributed by atoms with Crippen molar-refractivity contribution in [2.24, 2.45) is 9.98 Å². The number of piperazine rings is 1. The number of hydrogen-bond donors (Lipinski definition) is 1. The van der Waals surface area contributed by atoms with Crippen molar-refractivity contribution in [2.75, 3.05) is 39.8 Å². The number of aliphatic hydroxyl groups is 1. The van der Waals surface area contributed by atoms with Gasteiger partial charge in [0.25, 0.3) is 0 Å². The van der Waals surface area contributed by atoms with Crippen molar-refractivity contribution in [2.45, 2.75) is 18.3 Å². The van der Waals surface area contributed by atoms with Crippen LogP contribution in [0, 0.1) is 10.1 Å². The van der Waals surface area contributed by atoms with E-state index in [9.17, 15) is 15.2 Å². The summed E-state index contributed by atoms with van der Waals surface area (Å²) in [5, 5.41) is 21.1. The second-order valence-corrected chi connectivity index (χ2v) is 5.05. The van der Waals surface area contributed by atoms with Gasteiger partial charge in [-0.2, -0.15) is 9.98 Å². The van der Waals surface area contributed by atoms with Crippen LogP contribution in [0.1, 0.15) is 6.42 Å². The molecule has 21 heavy (non-hydrogen) atoms. The summed E-state index contributed by atoms with van der Waals surface area (Å²) in [6, 6.07) is 0. The van der Waals surface area contributed by atoms with Crippen molar-refractivity contribution < 1.29 is 10.0 Å². The van der Waals surface area contributed by atoms with Gasteiger partial charge in [0.05, 0.1) is 17.4 Å². The lowest BCUT2D eigenvalue weighted by Crippen LogP contribution is -2.48. The van der Waals surface area contributed by atoms with Crippen molar-refractivity contribution in [3.8, 4) is 0 Å². The number of rotatable bonds is 5. The third kappa shape index (κ3) is 5.15. The second-order valence-electron chi connectivity index (χ2n) is 5.05. The standard InChI is InChI=1S/C11H19N5O3.2ClH/c1-14-4-6-15(7-5-14)9-10(17)8-11(16(18)19)12-2-3-13-11;;/h2-3,10,17H,4-9H2,1H3;2*1H. The molecule has 1 fully saturated rings. The molecule has 0 aromatic rings. The maximum atomic E-state index is 11.0. The van der Waals surface area contributed by atoms with Crippen LogP contribution in [0.2, 0.25) is 0 Å². The molecule has 0 aromatic heterocycles. The normalized spacial score (nSPS) is 22.4. The molecule has 10 heteroatoms. The van der Waals surface area contributed by atoms with Crippen LogP contribution in [0.15, 0.2) is 9.98 Å². The van der Waals surface area contributed by atoms with Gasteiger partial charge in [0.15, 0.2) is 0 Å². The van der Waals surface area contributed by atoms with Gasteiger partial charge in [0.1, 0.15) is 0 Å². The molecule has 0 aromatic carbocycles. The fourth-order valence-electron chi connectivity index (χ4n) is 2.32. The maximum absolute atomic E-state index is 11.0. The molecule has 1 saturated heterocycles. The summed E-state index contributed by atoms with van der Waals surface area (Å²) in [5.74, 6) is -1.72. The van der Waals surface area contributed by atoms with Crippen LogP contribution in [-0.4, -0.2) is 83.9 Å². The van der Waals surface area contributed by atoms with E-state index in [4.69, 9.17) is 0 Å². The molecule has 8 nitrogen and oxygen atoms in total. The summed E-state index contributed by atoms with van der Waals surface area (Å²) in [4.78, 5) is 22.4. The first-order valence-corrected chi connectivity index (χ1v) is 6.34. The summed E-state index contributed by atoms with van der Waals surface area (Å²) >= 11 is 0. The average molecular weight is 342 g/mol. The van der Waals surface area contributed by atoms with Crippen molar-refractivity contribution >= 4 is 37.2 Å². The SMILES string of the molecule is CN1CCN(CC(O)CC2([N+](=O)[O-])N=CC=N2)CC1.Cl.Cl. The highest BCUT2D eigenvalue weighted by atomic mass is 35.5. The van der Waals surface area contributed by atoms with E-state index in [-0.39, 0.29) is 31.2 Å². The summed E-state index contributed by atoms with van der Waals surface area (Å²) in [6.45, 7) is 4.05. The van der Waals surface area contributed by atoms with Gasteiger partial charge in [-0.15, -0.1) is 24.8 Å². The van der Waals surface area contributed by atoms with Gasteiger partial charge in [0.2, 0.25) is 0 Å². The predicted octanol–water partition coefficient (Wildman–Crippen LogP) is -0.0859. The van der Waals surface area contributed by atoms with E-state index in [1.165, 1.54) is 12.4 Å². The smallest absolute Gasteiger partial charge is 0.391 e. The number of aliphatic imine (C=N–C) groups is 2. The Balaban J connectivity index is 0.00000200. The van der Waals surface area contributed by atoms with Crippen LogP contribution in [0.5, 0.6) is 0 Å². The van der Waals surface area contributed by atoms with Gasteiger partial charge in [-0.25, -0.2) is 0 Å². The molecule has 2 rings (SSSR count). The van der Waals surface area contributed by atoms with Gasteiger partial charge in [-0.05, 0) is 7.05 Å². The fraction of sp³-hybridized carbons (Fsp3) is 0.818. The van der Waals surface area contributed by atoms with Gasteiger partial charge < -0.3 is 10.0 Å². The third-order valence-corrected chi connectivity index (χ3v) is 3.50. The lowest BCUT2D eigenvalue weighted by atomic mass is 10.1. The number of likely N-dealkylation sites (N-methyl/N-ethyl adjacent to an activating group) is 1. The Morgan fingerprint density at radius 3 is 2.29 bits per heavy atom.